The molecule has 4 aromatic rings. The molecule has 0 aliphatic heterocycles. The molecule has 1 unspecified atom stereocenters. The molecule has 39 heavy (non-hydrogen) atoms. The van der Waals surface area contributed by atoms with Crippen LogP contribution >= 0.6 is 0 Å². The molecule has 0 aliphatic rings. The zero-order chi connectivity index (χ0) is 27.8. The van der Waals surface area contributed by atoms with Crippen molar-refractivity contribution in [2.45, 2.75) is 12.6 Å². The van der Waals surface area contributed by atoms with E-state index in [1.54, 1.807) is 25.4 Å². The van der Waals surface area contributed by atoms with Gasteiger partial charge in [-0.3, -0.25) is 14.6 Å². The van der Waals surface area contributed by atoms with E-state index in [4.69, 9.17) is 14.2 Å². The molecule has 2 amide bonds. The molecule has 11 nitrogen and oxygen atoms in total. The fourth-order valence-corrected chi connectivity index (χ4v) is 4.14. The van der Waals surface area contributed by atoms with Gasteiger partial charge in [0.25, 0.3) is 11.8 Å². The number of nitrogens with zero attached hydrogens (tertiary/aromatic N) is 4. The van der Waals surface area contributed by atoms with Crippen LogP contribution in [0.15, 0.2) is 65.8 Å². The topological polar surface area (TPSA) is 129 Å². The van der Waals surface area contributed by atoms with Crippen LogP contribution in [0.1, 0.15) is 32.5 Å². The fourth-order valence-electron chi connectivity index (χ4n) is 4.14. The van der Waals surface area contributed by atoms with Crippen molar-refractivity contribution in [3.63, 3.8) is 0 Å². The number of rotatable bonds is 11. The van der Waals surface area contributed by atoms with E-state index in [1.807, 2.05) is 42.5 Å². The van der Waals surface area contributed by atoms with Gasteiger partial charge in [-0.2, -0.15) is 0 Å². The van der Waals surface area contributed by atoms with Gasteiger partial charge in [0.1, 0.15) is 0 Å². The van der Waals surface area contributed by atoms with Crippen LogP contribution in [0.25, 0.3) is 10.8 Å². The van der Waals surface area contributed by atoms with E-state index in [9.17, 15) is 9.59 Å². The summed E-state index contributed by atoms with van der Waals surface area (Å²) in [6.07, 6.45) is 3.20. The summed E-state index contributed by atoms with van der Waals surface area (Å²) in [7, 11) is 6.08. The molecule has 0 radical (unpaired) electrons. The Morgan fingerprint density at radius 2 is 1.74 bits per heavy atom. The minimum Gasteiger partial charge on any atom is -0.493 e. The SMILES string of the molecule is CN=CC(NC(=O)c1cn(CCNC(=O)c2ccc(OC)c(OC)c2OC)nn1)c1ccc2ccccc2c1. The Morgan fingerprint density at radius 1 is 0.974 bits per heavy atom. The van der Waals surface area contributed by atoms with E-state index in [0.717, 1.165) is 16.3 Å². The number of carbonyl (C=O) groups is 2. The lowest BCUT2D eigenvalue weighted by Gasteiger charge is -2.15. The van der Waals surface area contributed by atoms with E-state index >= 15 is 0 Å². The van der Waals surface area contributed by atoms with Crippen molar-refractivity contribution < 1.29 is 23.8 Å². The molecule has 0 aliphatic carbocycles. The number of aromatic nitrogens is 3. The molecule has 0 fully saturated rings. The number of carbonyl (C=O) groups excluding carboxylic acids is 2. The number of hydrogen-bond donors (Lipinski definition) is 2. The average molecular weight is 531 g/mol. The first-order valence-electron chi connectivity index (χ1n) is 12.2. The Labute approximate surface area is 225 Å². The summed E-state index contributed by atoms with van der Waals surface area (Å²) in [4.78, 5) is 29.8. The van der Waals surface area contributed by atoms with Crippen molar-refractivity contribution in [1.29, 1.82) is 0 Å². The number of methoxy groups -OCH3 is 3. The van der Waals surface area contributed by atoms with E-state index in [0.29, 0.717) is 23.6 Å². The van der Waals surface area contributed by atoms with Gasteiger partial charge in [0.05, 0.1) is 45.7 Å². The van der Waals surface area contributed by atoms with Crippen molar-refractivity contribution >= 4 is 28.8 Å². The summed E-state index contributed by atoms with van der Waals surface area (Å²) in [6.45, 7) is 0.537. The highest BCUT2D eigenvalue weighted by Gasteiger charge is 2.21. The molecule has 4 rings (SSSR count). The smallest absolute Gasteiger partial charge is 0.274 e. The number of benzene rings is 3. The molecule has 0 spiro atoms. The molecular weight excluding hydrogens is 500 g/mol. The fraction of sp³-hybridized carbons (Fsp3) is 0.250. The molecule has 2 N–H and O–H groups in total. The van der Waals surface area contributed by atoms with Gasteiger partial charge < -0.3 is 24.8 Å². The normalized spacial score (nSPS) is 11.8. The summed E-state index contributed by atoms with van der Waals surface area (Å²) < 4.78 is 17.5. The largest absolute Gasteiger partial charge is 0.493 e. The first kappa shape index (κ1) is 27.1. The van der Waals surface area contributed by atoms with Crippen LogP contribution in [0, 0.1) is 0 Å². The lowest BCUT2D eigenvalue weighted by atomic mass is 10.0. The van der Waals surface area contributed by atoms with Crippen LogP contribution in [0.2, 0.25) is 0 Å². The minimum absolute atomic E-state index is 0.151. The van der Waals surface area contributed by atoms with E-state index in [2.05, 4.69) is 25.9 Å². The quantitative estimate of drug-likeness (QED) is 0.285. The van der Waals surface area contributed by atoms with E-state index < -0.39 is 11.9 Å². The second-order valence-electron chi connectivity index (χ2n) is 8.47. The van der Waals surface area contributed by atoms with Gasteiger partial charge >= 0.3 is 0 Å². The van der Waals surface area contributed by atoms with Gasteiger partial charge in [-0.15, -0.1) is 5.10 Å². The molecule has 11 heteroatoms. The second-order valence-corrected chi connectivity index (χ2v) is 8.47. The van der Waals surface area contributed by atoms with Crippen LogP contribution in [0.4, 0.5) is 0 Å². The van der Waals surface area contributed by atoms with Crippen molar-refractivity contribution in [1.82, 2.24) is 25.6 Å². The summed E-state index contributed by atoms with van der Waals surface area (Å²) in [5, 5.41) is 15.9. The van der Waals surface area contributed by atoms with E-state index in [1.165, 1.54) is 32.2 Å². The molecule has 0 saturated heterocycles. The molecular formula is C28H30N6O5. The maximum Gasteiger partial charge on any atom is 0.274 e. The van der Waals surface area contributed by atoms with Gasteiger partial charge in [0.2, 0.25) is 5.75 Å². The standard InChI is InChI=1S/C28H30N6O5/c1-29-16-22(20-10-9-18-7-5-6-8-19(18)15-20)31-28(36)23-17-34(33-32-23)14-13-30-27(35)21-11-12-24(37-2)26(39-4)25(21)38-3/h5-12,15-17,22H,13-14H2,1-4H3,(H,30,35)(H,31,36). The van der Waals surface area contributed by atoms with Gasteiger partial charge in [-0.1, -0.05) is 41.6 Å². The lowest BCUT2D eigenvalue weighted by Crippen LogP contribution is -2.30. The molecule has 202 valence electrons. The zero-order valence-electron chi connectivity index (χ0n) is 22.2. The second kappa shape index (κ2) is 12.5. The first-order valence-corrected chi connectivity index (χ1v) is 12.2. The van der Waals surface area contributed by atoms with Crippen molar-refractivity contribution in [2.75, 3.05) is 34.9 Å². The van der Waals surface area contributed by atoms with Gasteiger partial charge in [-0.25, -0.2) is 4.68 Å². The molecule has 0 bridgehead atoms. The van der Waals surface area contributed by atoms with Crippen molar-refractivity contribution in [3.05, 3.63) is 77.6 Å². The molecule has 0 saturated carbocycles. The molecule has 1 aromatic heterocycles. The number of hydrogen-bond acceptors (Lipinski definition) is 8. The highest BCUT2D eigenvalue weighted by molar-refractivity contribution is 5.98. The Bertz CT molecular complexity index is 1500. The third-order valence-corrected chi connectivity index (χ3v) is 6.06. The van der Waals surface area contributed by atoms with Crippen LogP contribution in [0.5, 0.6) is 17.2 Å². The van der Waals surface area contributed by atoms with Crippen molar-refractivity contribution in [2.24, 2.45) is 4.99 Å². The Hall–Kier alpha value is -4.93. The maximum absolute atomic E-state index is 12.9. The number of nitrogens with one attached hydrogen (secondary N) is 2. The number of fused-ring (bicyclic) bond motifs is 1. The monoisotopic (exact) mass is 530 g/mol. The summed E-state index contributed by atoms with van der Waals surface area (Å²) in [6, 6.07) is 16.8. The van der Waals surface area contributed by atoms with E-state index in [-0.39, 0.29) is 23.9 Å². The highest BCUT2D eigenvalue weighted by Crippen LogP contribution is 2.39. The van der Waals surface area contributed by atoms with Crippen LogP contribution in [0.3, 0.4) is 0 Å². The van der Waals surface area contributed by atoms with Crippen LogP contribution in [-0.2, 0) is 6.54 Å². The summed E-state index contributed by atoms with van der Waals surface area (Å²) in [5.41, 5.74) is 1.35. The highest BCUT2D eigenvalue weighted by atomic mass is 16.5. The third kappa shape index (κ3) is 6.15. The third-order valence-electron chi connectivity index (χ3n) is 6.06. The Kier molecular flexibility index (Phi) is 8.72. The predicted molar refractivity (Wildman–Crippen MR) is 147 cm³/mol. The molecule has 3 aromatic carbocycles. The minimum atomic E-state index is -0.437. The van der Waals surface area contributed by atoms with Crippen LogP contribution < -0.4 is 24.8 Å². The number of aliphatic imine (C=N–C) groups is 1. The molecule has 1 atom stereocenters. The van der Waals surface area contributed by atoms with Crippen LogP contribution in [-0.4, -0.2) is 67.9 Å². The lowest BCUT2D eigenvalue weighted by molar-refractivity contribution is 0.0935. The number of amides is 2. The Morgan fingerprint density at radius 3 is 2.46 bits per heavy atom. The summed E-state index contributed by atoms with van der Waals surface area (Å²) >= 11 is 0. The van der Waals surface area contributed by atoms with Gasteiger partial charge in [-0.05, 0) is 34.5 Å². The number of ether oxygens (including phenoxy) is 3. The predicted octanol–water partition coefficient (Wildman–Crippen LogP) is 3.06. The first-order chi connectivity index (χ1) is 19.0. The van der Waals surface area contributed by atoms with Gasteiger partial charge in [0.15, 0.2) is 17.2 Å². The van der Waals surface area contributed by atoms with Gasteiger partial charge in [0, 0.05) is 19.8 Å². The zero-order valence-corrected chi connectivity index (χ0v) is 22.2. The van der Waals surface area contributed by atoms with Crippen molar-refractivity contribution in [3.8, 4) is 17.2 Å². The maximum atomic E-state index is 12.9. The molecule has 1 heterocycles. The Balaban J connectivity index is 1.38. The average Bonchev–Trinajstić information content (AvgIpc) is 3.44. The summed E-state index contributed by atoms with van der Waals surface area (Å²) in [5.74, 6) is 0.300.